The number of aryl methyl sites for hydroxylation is 1. The summed E-state index contributed by atoms with van der Waals surface area (Å²) >= 11 is 1.56. The van der Waals surface area contributed by atoms with Crippen molar-refractivity contribution in [3.8, 4) is 28.7 Å². The lowest BCUT2D eigenvalue weighted by Gasteiger charge is -2.09. The third-order valence-electron chi connectivity index (χ3n) is 4.76. The molecule has 0 saturated carbocycles. The van der Waals surface area contributed by atoms with Gasteiger partial charge in [0.25, 0.3) is 0 Å². The van der Waals surface area contributed by atoms with Gasteiger partial charge in [-0.3, -0.25) is 4.79 Å². The molecule has 1 aliphatic heterocycles. The minimum atomic E-state index is -0.130. The molecule has 4 aromatic rings. The molecule has 1 amide bonds. The van der Waals surface area contributed by atoms with Gasteiger partial charge in [-0.2, -0.15) is 11.3 Å². The van der Waals surface area contributed by atoms with Crippen LogP contribution >= 0.6 is 11.3 Å². The van der Waals surface area contributed by atoms with Gasteiger partial charge in [-0.15, -0.1) is 10.2 Å². The molecule has 1 aliphatic rings. The van der Waals surface area contributed by atoms with E-state index in [1.54, 1.807) is 17.4 Å². The van der Waals surface area contributed by atoms with Crippen molar-refractivity contribution in [2.45, 2.75) is 19.4 Å². The first-order valence-corrected chi connectivity index (χ1v) is 10.9. The number of ether oxygens (including phenoxy) is 3. The van der Waals surface area contributed by atoms with Gasteiger partial charge in [0.2, 0.25) is 24.5 Å². The Bertz CT molecular complexity index is 1220. The summed E-state index contributed by atoms with van der Waals surface area (Å²) in [6.45, 7) is 0.583. The maximum absolute atomic E-state index is 12.4. The second-order valence-electron chi connectivity index (χ2n) is 7.07. The molecule has 0 aliphatic carbocycles. The molecule has 2 aromatic carbocycles. The molecule has 0 unspecified atom stereocenters. The van der Waals surface area contributed by atoms with Gasteiger partial charge in [-0.1, -0.05) is 12.1 Å². The average Bonchev–Trinajstić information content (AvgIpc) is 3.57. The van der Waals surface area contributed by atoms with E-state index in [1.807, 2.05) is 53.2 Å². The SMILES string of the molecule is O=C(CCc1nnc(-c2ccsc2)o1)Nc1cccc(COc2ccc3c(c2)OCO3)c1. The third-order valence-corrected chi connectivity index (χ3v) is 5.44. The number of carbonyl (C=O) groups excluding carboxylic acids is 1. The quantitative estimate of drug-likeness (QED) is 0.417. The molecule has 9 heteroatoms. The molecule has 0 spiro atoms. The summed E-state index contributed by atoms with van der Waals surface area (Å²) in [7, 11) is 0. The van der Waals surface area contributed by atoms with E-state index in [4.69, 9.17) is 18.6 Å². The summed E-state index contributed by atoms with van der Waals surface area (Å²) in [5.74, 6) is 2.85. The number of rotatable bonds is 8. The van der Waals surface area contributed by atoms with Gasteiger partial charge in [0.15, 0.2) is 11.5 Å². The molecule has 0 fully saturated rings. The number of hydrogen-bond donors (Lipinski definition) is 1. The predicted molar refractivity (Wildman–Crippen MR) is 118 cm³/mol. The molecule has 32 heavy (non-hydrogen) atoms. The Morgan fingerprint density at radius 3 is 2.94 bits per heavy atom. The molecule has 5 rings (SSSR count). The van der Waals surface area contributed by atoms with E-state index in [9.17, 15) is 4.79 Å². The van der Waals surface area contributed by atoms with Crippen LogP contribution in [-0.2, 0) is 17.8 Å². The highest BCUT2D eigenvalue weighted by Crippen LogP contribution is 2.35. The zero-order valence-corrected chi connectivity index (χ0v) is 17.8. The minimum absolute atomic E-state index is 0.130. The van der Waals surface area contributed by atoms with E-state index in [-0.39, 0.29) is 19.1 Å². The first-order chi connectivity index (χ1) is 15.7. The van der Waals surface area contributed by atoms with Crippen LogP contribution in [0.25, 0.3) is 11.5 Å². The maximum Gasteiger partial charge on any atom is 0.248 e. The Morgan fingerprint density at radius 1 is 1.09 bits per heavy atom. The number of nitrogens with zero attached hydrogens (tertiary/aromatic N) is 2. The minimum Gasteiger partial charge on any atom is -0.489 e. The van der Waals surface area contributed by atoms with Gasteiger partial charge in [0.05, 0.1) is 0 Å². The normalized spacial score (nSPS) is 12.0. The smallest absolute Gasteiger partial charge is 0.248 e. The molecule has 0 bridgehead atoms. The predicted octanol–water partition coefficient (Wildman–Crippen LogP) is 4.68. The maximum atomic E-state index is 12.4. The Morgan fingerprint density at radius 2 is 2.03 bits per heavy atom. The van der Waals surface area contributed by atoms with Gasteiger partial charge >= 0.3 is 0 Å². The number of aromatic nitrogens is 2. The number of fused-ring (bicyclic) bond motifs is 1. The fraction of sp³-hybridized carbons (Fsp3) is 0.174. The number of benzene rings is 2. The molecule has 162 valence electrons. The summed E-state index contributed by atoms with van der Waals surface area (Å²) in [4.78, 5) is 12.4. The van der Waals surface area contributed by atoms with Crippen molar-refractivity contribution in [3.05, 3.63) is 70.7 Å². The second-order valence-corrected chi connectivity index (χ2v) is 7.85. The van der Waals surface area contributed by atoms with Crippen LogP contribution in [-0.4, -0.2) is 22.9 Å². The number of hydrogen-bond acceptors (Lipinski definition) is 8. The molecule has 0 radical (unpaired) electrons. The van der Waals surface area contributed by atoms with Crippen LogP contribution in [0, 0.1) is 0 Å². The van der Waals surface area contributed by atoms with E-state index < -0.39 is 0 Å². The summed E-state index contributed by atoms with van der Waals surface area (Å²) in [5.41, 5.74) is 2.52. The van der Waals surface area contributed by atoms with Crippen LogP contribution in [0.3, 0.4) is 0 Å². The molecular formula is C23H19N3O5S. The van der Waals surface area contributed by atoms with Crippen molar-refractivity contribution in [3.63, 3.8) is 0 Å². The standard InChI is InChI=1S/C23H19N3O5S/c27-21(6-7-22-25-26-23(31-22)16-8-9-32-13-16)24-17-3-1-2-15(10-17)12-28-18-4-5-19-20(11-18)30-14-29-19/h1-5,8-11,13H,6-7,12,14H2,(H,24,27). The van der Waals surface area contributed by atoms with E-state index in [0.29, 0.717) is 47.7 Å². The van der Waals surface area contributed by atoms with Gasteiger partial charge < -0.3 is 23.9 Å². The van der Waals surface area contributed by atoms with Crippen molar-refractivity contribution in [1.29, 1.82) is 0 Å². The van der Waals surface area contributed by atoms with Crippen molar-refractivity contribution in [2.75, 3.05) is 12.1 Å². The Balaban J connectivity index is 1.13. The average molecular weight is 449 g/mol. The first-order valence-electron chi connectivity index (χ1n) is 9.99. The number of carbonyl (C=O) groups is 1. The fourth-order valence-electron chi connectivity index (χ4n) is 3.17. The Labute approximate surface area is 187 Å². The summed E-state index contributed by atoms with van der Waals surface area (Å²) in [5, 5.41) is 14.8. The first kappa shape index (κ1) is 20.1. The molecule has 0 saturated heterocycles. The van der Waals surface area contributed by atoms with Crippen LogP contribution in [0.4, 0.5) is 5.69 Å². The third kappa shape index (κ3) is 4.73. The summed E-state index contributed by atoms with van der Waals surface area (Å²) in [6, 6.07) is 14.9. The zero-order valence-electron chi connectivity index (χ0n) is 16.9. The number of thiophene rings is 1. The highest BCUT2D eigenvalue weighted by Gasteiger charge is 2.14. The molecule has 1 N–H and O–H groups in total. The summed E-state index contributed by atoms with van der Waals surface area (Å²) < 4.78 is 22.1. The molecular weight excluding hydrogens is 430 g/mol. The largest absolute Gasteiger partial charge is 0.489 e. The highest BCUT2D eigenvalue weighted by molar-refractivity contribution is 7.08. The lowest BCUT2D eigenvalue weighted by Crippen LogP contribution is -2.12. The van der Waals surface area contributed by atoms with Crippen LogP contribution in [0.15, 0.2) is 63.7 Å². The van der Waals surface area contributed by atoms with Crippen molar-refractivity contribution in [2.24, 2.45) is 0 Å². The zero-order chi connectivity index (χ0) is 21.8. The van der Waals surface area contributed by atoms with Crippen LogP contribution in [0.5, 0.6) is 17.2 Å². The number of nitrogens with one attached hydrogen (secondary N) is 1. The second kappa shape index (κ2) is 9.11. The lowest BCUT2D eigenvalue weighted by molar-refractivity contribution is -0.116. The van der Waals surface area contributed by atoms with Crippen molar-refractivity contribution >= 4 is 22.9 Å². The van der Waals surface area contributed by atoms with Gasteiger partial charge in [0, 0.05) is 35.5 Å². The molecule has 0 atom stereocenters. The van der Waals surface area contributed by atoms with E-state index in [2.05, 4.69) is 15.5 Å². The highest BCUT2D eigenvalue weighted by atomic mass is 32.1. The van der Waals surface area contributed by atoms with Crippen LogP contribution in [0.1, 0.15) is 17.9 Å². The van der Waals surface area contributed by atoms with Crippen LogP contribution in [0.2, 0.25) is 0 Å². The fourth-order valence-corrected chi connectivity index (χ4v) is 3.80. The molecule has 3 heterocycles. The monoisotopic (exact) mass is 449 g/mol. The van der Waals surface area contributed by atoms with Gasteiger partial charge in [-0.05, 0) is 41.3 Å². The number of anilines is 1. The molecule has 2 aromatic heterocycles. The summed E-state index contributed by atoms with van der Waals surface area (Å²) in [6.07, 6.45) is 0.610. The Hall–Kier alpha value is -3.85. The number of amides is 1. The van der Waals surface area contributed by atoms with E-state index in [0.717, 1.165) is 11.1 Å². The topological polar surface area (TPSA) is 95.7 Å². The van der Waals surface area contributed by atoms with Gasteiger partial charge in [0.1, 0.15) is 12.4 Å². The van der Waals surface area contributed by atoms with E-state index >= 15 is 0 Å². The Kier molecular flexibility index (Phi) is 5.71. The van der Waals surface area contributed by atoms with Crippen molar-refractivity contribution < 1.29 is 23.4 Å². The lowest BCUT2D eigenvalue weighted by atomic mass is 10.2. The van der Waals surface area contributed by atoms with E-state index in [1.165, 1.54) is 0 Å². The molecule has 8 nitrogen and oxygen atoms in total. The van der Waals surface area contributed by atoms with Crippen LogP contribution < -0.4 is 19.5 Å². The van der Waals surface area contributed by atoms with Crippen molar-refractivity contribution in [1.82, 2.24) is 10.2 Å². The van der Waals surface area contributed by atoms with Gasteiger partial charge in [-0.25, -0.2) is 0 Å².